The van der Waals surface area contributed by atoms with Gasteiger partial charge in [0.1, 0.15) is 0 Å². The Morgan fingerprint density at radius 2 is 2.00 bits per heavy atom. The van der Waals surface area contributed by atoms with Crippen LogP contribution in [0.15, 0.2) is 30.3 Å². The van der Waals surface area contributed by atoms with Crippen LogP contribution in [0.4, 0.5) is 0 Å². The lowest BCUT2D eigenvalue weighted by molar-refractivity contribution is -0.128. The van der Waals surface area contributed by atoms with Gasteiger partial charge < -0.3 is 20.7 Å². The summed E-state index contributed by atoms with van der Waals surface area (Å²) >= 11 is 0. The molecule has 1 atom stereocenters. The number of nitrogens with one attached hydrogen (secondary N) is 3. The highest BCUT2D eigenvalue weighted by Crippen LogP contribution is 2.01. The van der Waals surface area contributed by atoms with E-state index in [4.69, 9.17) is 4.74 Å². The van der Waals surface area contributed by atoms with Gasteiger partial charge in [0.25, 0.3) is 0 Å². The number of ether oxygens (including phenoxy) is 1. The lowest BCUT2D eigenvalue weighted by Crippen LogP contribution is -2.43. The summed E-state index contributed by atoms with van der Waals surface area (Å²) in [6, 6.07) is 9.95. The van der Waals surface area contributed by atoms with Gasteiger partial charge >= 0.3 is 0 Å². The summed E-state index contributed by atoms with van der Waals surface area (Å²) in [5, 5.41) is 8.58. The number of carbonyl (C=O) groups is 2. The quantitative estimate of drug-likeness (QED) is 0.654. The van der Waals surface area contributed by atoms with Crippen molar-refractivity contribution in [3.8, 4) is 0 Å². The van der Waals surface area contributed by atoms with Crippen LogP contribution in [0.2, 0.25) is 0 Å². The minimum Gasteiger partial charge on any atom is -0.375 e. The number of rotatable bonds is 7. The lowest BCUT2D eigenvalue weighted by atomic mass is 10.1. The Morgan fingerprint density at radius 3 is 2.73 bits per heavy atom. The summed E-state index contributed by atoms with van der Waals surface area (Å²) in [6.45, 7) is 2.69. The second-order valence-corrected chi connectivity index (χ2v) is 5.26. The van der Waals surface area contributed by atoms with E-state index in [1.807, 2.05) is 30.3 Å². The highest BCUT2D eigenvalue weighted by Gasteiger charge is 2.17. The maximum absolute atomic E-state index is 11.7. The minimum absolute atomic E-state index is 0.00771. The number of amides is 2. The van der Waals surface area contributed by atoms with Crippen molar-refractivity contribution in [3.05, 3.63) is 35.9 Å². The second kappa shape index (κ2) is 9.17. The number of carbonyl (C=O) groups excluding carboxylic acids is 2. The SMILES string of the molecule is O=C(CNC(=O)CC1CNCCO1)NCCc1ccccc1. The second-order valence-electron chi connectivity index (χ2n) is 5.26. The van der Waals surface area contributed by atoms with Crippen LogP contribution >= 0.6 is 0 Å². The van der Waals surface area contributed by atoms with Crippen LogP contribution in [-0.2, 0) is 20.7 Å². The zero-order chi connectivity index (χ0) is 15.6. The first-order valence-electron chi connectivity index (χ1n) is 7.63. The summed E-state index contributed by atoms with van der Waals surface area (Å²) in [7, 11) is 0. The molecular weight excluding hydrogens is 282 g/mol. The maximum atomic E-state index is 11.7. The highest BCUT2D eigenvalue weighted by atomic mass is 16.5. The van der Waals surface area contributed by atoms with E-state index in [1.54, 1.807) is 0 Å². The van der Waals surface area contributed by atoms with Gasteiger partial charge in [-0.2, -0.15) is 0 Å². The topological polar surface area (TPSA) is 79.5 Å². The van der Waals surface area contributed by atoms with Crippen molar-refractivity contribution in [3.63, 3.8) is 0 Å². The van der Waals surface area contributed by atoms with Crippen molar-refractivity contribution in [2.75, 3.05) is 32.8 Å². The Kier molecular flexibility index (Phi) is 6.86. The van der Waals surface area contributed by atoms with E-state index in [0.29, 0.717) is 19.7 Å². The van der Waals surface area contributed by atoms with E-state index in [2.05, 4.69) is 16.0 Å². The minimum atomic E-state index is -0.174. The van der Waals surface area contributed by atoms with Crippen molar-refractivity contribution in [2.24, 2.45) is 0 Å². The molecule has 2 amide bonds. The van der Waals surface area contributed by atoms with Crippen molar-refractivity contribution >= 4 is 11.8 Å². The standard InChI is InChI=1S/C16H23N3O3/c20-15(10-14-11-17-8-9-22-14)19-12-16(21)18-7-6-13-4-2-1-3-5-13/h1-5,14,17H,6-12H2,(H,18,21)(H,19,20). The maximum Gasteiger partial charge on any atom is 0.239 e. The molecule has 3 N–H and O–H groups in total. The molecule has 6 heteroatoms. The molecule has 1 aromatic carbocycles. The van der Waals surface area contributed by atoms with Crippen molar-refractivity contribution in [2.45, 2.75) is 18.9 Å². The fourth-order valence-corrected chi connectivity index (χ4v) is 2.26. The fraction of sp³-hybridized carbons (Fsp3) is 0.500. The number of morpholine rings is 1. The first-order chi connectivity index (χ1) is 10.7. The van der Waals surface area contributed by atoms with E-state index in [9.17, 15) is 9.59 Å². The van der Waals surface area contributed by atoms with E-state index in [0.717, 1.165) is 13.0 Å². The molecule has 1 fully saturated rings. The fourth-order valence-electron chi connectivity index (χ4n) is 2.26. The third kappa shape index (κ3) is 6.24. The van der Waals surface area contributed by atoms with E-state index in [1.165, 1.54) is 5.56 Å². The van der Waals surface area contributed by atoms with E-state index in [-0.39, 0.29) is 30.9 Å². The summed E-state index contributed by atoms with van der Waals surface area (Å²) < 4.78 is 5.45. The molecule has 1 saturated heterocycles. The van der Waals surface area contributed by atoms with Gasteiger partial charge in [0, 0.05) is 19.6 Å². The van der Waals surface area contributed by atoms with Crippen LogP contribution in [0.5, 0.6) is 0 Å². The van der Waals surface area contributed by atoms with Crippen LogP contribution in [0, 0.1) is 0 Å². The van der Waals surface area contributed by atoms with Crippen molar-refractivity contribution in [1.29, 1.82) is 0 Å². The zero-order valence-electron chi connectivity index (χ0n) is 12.6. The molecule has 120 valence electrons. The van der Waals surface area contributed by atoms with E-state index >= 15 is 0 Å². The smallest absolute Gasteiger partial charge is 0.239 e. The van der Waals surface area contributed by atoms with Gasteiger partial charge in [0.15, 0.2) is 0 Å². The zero-order valence-corrected chi connectivity index (χ0v) is 12.6. The first kappa shape index (κ1) is 16.5. The molecule has 22 heavy (non-hydrogen) atoms. The van der Waals surface area contributed by atoms with Gasteiger partial charge in [0.2, 0.25) is 11.8 Å². The third-order valence-corrected chi connectivity index (χ3v) is 3.44. The molecule has 0 aromatic heterocycles. The predicted molar refractivity (Wildman–Crippen MR) is 83.4 cm³/mol. The Bertz CT molecular complexity index is 473. The molecule has 0 bridgehead atoms. The molecule has 1 aromatic rings. The molecule has 1 aliphatic rings. The molecule has 1 aliphatic heterocycles. The number of hydrogen-bond acceptors (Lipinski definition) is 4. The Hall–Kier alpha value is -1.92. The third-order valence-electron chi connectivity index (χ3n) is 3.44. The molecular formula is C16H23N3O3. The average molecular weight is 305 g/mol. The van der Waals surface area contributed by atoms with Gasteiger partial charge in [-0.3, -0.25) is 9.59 Å². The summed E-state index contributed by atoms with van der Waals surface area (Å²) in [4.78, 5) is 23.4. The summed E-state index contributed by atoms with van der Waals surface area (Å²) in [6.07, 6.45) is 0.960. The number of hydrogen-bond donors (Lipinski definition) is 3. The predicted octanol–water partition coefficient (Wildman–Crippen LogP) is -0.160. The first-order valence-corrected chi connectivity index (χ1v) is 7.63. The lowest BCUT2D eigenvalue weighted by Gasteiger charge is -2.22. The van der Waals surface area contributed by atoms with Crippen LogP contribution in [0.3, 0.4) is 0 Å². The average Bonchev–Trinajstić information content (AvgIpc) is 2.55. The van der Waals surface area contributed by atoms with Gasteiger partial charge in [-0.1, -0.05) is 30.3 Å². The molecule has 2 rings (SSSR count). The highest BCUT2D eigenvalue weighted by molar-refractivity contribution is 5.84. The van der Waals surface area contributed by atoms with Crippen molar-refractivity contribution in [1.82, 2.24) is 16.0 Å². The largest absolute Gasteiger partial charge is 0.375 e. The van der Waals surface area contributed by atoms with Crippen LogP contribution in [-0.4, -0.2) is 50.7 Å². The van der Waals surface area contributed by atoms with Gasteiger partial charge in [-0.05, 0) is 12.0 Å². The summed E-state index contributed by atoms with van der Waals surface area (Å²) in [5.41, 5.74) is 1.17. The van der Waals surface area contributed by atoms with Crippen LogP contribution in [0.1, 0.15) is 12.0 Å². The number of benzene rings is 1. The molecule has 0 saturated carbocycles. The van der Waals surface area contributed by atoms with Gasteiger partial charge in [-0.25, -0.2) is 0 Å². The molecule has 0 aliphatic carbocycles. The Labute approximate surface area is 130 Å². The molecule has 0 spiro atoms. The Balaban J connectivity index is 1.56. The Morgan fingerprint density at radius 1 is 1.18 bits per heavy atom. The van der Waals surface area contributed by atoms with Gasteiger partial charge in [-0.15, -0.1) is 0 Å². The normalized spacial score (nSPS) is 17.7. The van der Waals surface area contributed by atoms with Gasteiger partial charge in [0.05, 0.1) is 25.7 Å². The van der Waals surface area contributed by atoms with Crippen LogP contribution < -0.4 is 16.0 Å². The van der Waals surface area contributed by atoms with Crippen LogP contribution in [0.25, 0.3) is 0 Å². The molecule has 1 heterocycles. The monoisotopic (exact) mass is 305 g/mol. The molecule has 6 nitrogen and oxygen atoms in total. The molecule has 1 unspecified atom stereocenters. The summed E-state index contributed by atoms with van der Waals surface area (Å²) in [5.74, 6) is -0.334. The van der Waals surface area contributed by atoms with E-state index < -0.39 is 0 Å². The van der Waals surface area contributed by atoms with Crippen molar-refractivity contribution < 1.29 is 14.3 Å². The molecule has 0 radical (unpaired) electrons.